The number of ether oxygens (including phenoxy) is 1. The van der Waals surface area contributed by atoms with Crippen molar-refractivity contribution in [1.82, 2.24) is 4.98 Å². The molecule has 1 aromatic rings. The second-order valence-corrected chi connectivity index (χ2v) is 3.36. The topological polar surface area (TPSA) is 59.2 Å². The summed E-state index contributed by atoms with van der Waals surface area (Å²) in [6.07, 6.45) is -8.65. The molecule has 0 saturated carbocycles. The van der Waals surface area contributed by atoms with Crippen molar-refractivity contribution in [3.63, 3.8) is 0 Å². The Balaban J connectivity index is 3.46. The van der Waals surface area contributed by atoms with Gasteiger partial charge in [-0.15, -0.1) is 0 Å². The predicted octanol–water partition coefficient (Wildman–Crippen LogP) is 2.51. The van der Waals surface area contributed by atoms with Crippen molar-refractivity contribution in [1.29, 1.82) is 0 Å². The van der Waals surface area contributed by atoms with Gasteiger partial charge in [-0.25, -0.2) is 13.6 Å². The third-order valence-electron chi connectivity index (χ3n) is 2.09. The molecule has 106 valence electrons. The predicted molar refractivity (Wildman–Crippen MR) is 53.0 cm³/mol. The van der Waals surface area contributed by atoms with Gasteiger partial charge < -0.3 is 9.72 Å². The van der Waals surface area contributed by atoms with E-state index >= 15 is 0 Å². The Hall–Kier alpha value is -1.93. The Morgan fingerprint density at radius 2 is 2.00 bits per heavy atom. The van der Waals surface area contributed by atoms with Crippen LogP contribution in [0.15, 0.2) is 10.9 Å². The van der Waals surface area contributed by atoms with Gasteiger partial charge in [0.1, 0.15) is 11.3 Å². The number of hydrogen-bond donors (Lipinski definition) is 1. The smallest absolute Gasteiger partial charge is 0.431 e. The molecule has 19 heavy (non-hydrogen) atoms. The van der Waals surface area contributed by atoms with E-state index in [0.29, 0.717) is 0 Å². The number of carbonyl (C=O) groups excluding carboxylic acids is 1. The summed E-state index contributed by atoms with van der Waals surface area (Å²) in [5, 5.41) is 0. The zero-order chi connectivity index (χ0) is 14.8. The third-order valence-corrected chi connectivity index (χ3v) is 2.09. The maximum absolute atomic E-state index is 12.5. The van der Waals surface area contributed by atoms with Crippen LogP contribution in [0.25, 0.3) is 0 Å². The van der Waals surface area contributed by atoms with Gasteiger partial charge in [-0.2, -0.15) is 13.2 Å². The molecule has 0 bridgehead atoms. The molecule has 4 nitrogen and oxygen atoms in total. The number of hydrogen-bond acceptors (Lipinski definition) is 3. The van der Waals surface area contributed by atoms with E-state index in [1.807, 2.05) is 0 Å². The molecule has 0 aromatic carbocycles. The summed E-state index contributed by atoms with van der Waals surface area (Å²) in [5.41, 5.74) is -5.68. The van der Waals surface area contributed by atoms with E-state index < -0.39 is 41.0 Å². The molecule has 0 aliphatic carbocycles. The van der Waals surface area contributed by atoms with Crippen molar-refractivity contribution in [3.05, 3.63) is 33.2 Å². The van der Waals surface area contributed by atoms with Crippen LogP contribution in [0.1, 0.15) is 35.0 Å². The fourth-order valence-electron chi connectivity index (χ4n) is 1.31. The molecule has 0 amide bonds. The fourth-order valence-corrected chi connectivity index (χ4v) is 1.31. The highest BCUT2D eigenvalue weighted by molar-refractivity contribution is 5.89. The first-order valence-corrected chi connectivity index (χ1v) is 4.98. The Bertz CT molecular complexity index is 535. The average Bonchev–Trinajstić information content (AvgIpc) is 2.27. The minimum absolute atomic E-state index is 0.149. The molecule has 1 rings (SSSR count). The maximum Gasteiger partial charge on any atom is 0.431 e. The quantitative estimate of drug-likeness (QED) is 0.685. The summed E-state index contributed by atoms with van der Waals surface area (Å²) in [4.78, 5) is 23.8. The number of rotatable bonds is 3. The van der Waals surface area contributed by atoms with Crippen LogP contribution in [-0.4, -0.2) is 17.6 Å². The van der Waals surface area contributed by atoms with Crippen LogP contribution >= 0.6 is 0 Å². The molecule has 9 heteroatoms. The zero-order valence-corrected chi connectivity index (χ0v) is 9.48. The maximum atomic E-state index is 12.5. The highest BCUT2D eigenvalue weighted by atomic mass is 19.4. The van der Waals surface area contributed by atoms with Crippen LogP contribution in [0.3, 0.4) is 0 Å². The van der Waals surface area contributed by atoms with Gasteiger partial charge >= 0.3 is 12.1 Å². The molecule has 0 fully saturated rings. The van der Waals surface area contributed by atoms with Crippen molar-refractivity contribution in [2.45, 2.75) is 19.5 Å². The van der Waals surface area contributed by atoms with E-state index in [2.05, 4.69) is 4.74 Å². The Morgan fingerprint density at radius 1 is 1.42 bits per heavy atom. The van der Waals surface area contributed by atoms with Crippen LogP contribution in [0.2, 0.25) is 0 Å². The average molecular weight is 285 g/mol. The number of alkyl halides is 5. The molecule has 1 heterocycles. The van der Waals surface area contributed by atoms with Gasteiger partial charge in [0.2, 0.25) is 0 Å². The lowest BCUT2D eigenvalue weighted by molar-refractivity contribution is -0.143. The summed E-state index contributed by atoms with van der Waals surface area (Å²) < 4.78 is 66.8. The number of esters is 1. The van der Waals surface area contributed by atoms with E-state index in [4.69, 9.17) is 0 Å². The van der Waals surface area contributed by atoms with Crippen LogP contribution in [0, 0.1) is 0 Å². The van der Waals surface area contributed by atoms with Crippen molar-refractivity contribution in [3.8, 4) is 0 Å². The molecule has 1 N–H and O–H groups in total. The van der Waals surface area contributed by atoms with Gasteiger partial charge in [0.15, 0.2) is 0 Å². The van der Waals surface area contributed by atoms with Crippen molar-refractivity contribution < 1.29 is 31.5 Å². The Kier molecular flexibility index (Phi) is 4.28. The van der Waals surface area contributed by atoms with Gasteiger partial charge in [-0.05, 0) is 13.0 Å². The highest BCUT2D eigenvalue weighted by Gasteiger charge is 2.38. The number of H-pyrrole nitrogens is 1. The second kappa shape index (κ2) is 5.37. The monoisotopic (exact) mass is 285 g/mol. The zero-order valence-electron chi connectivity index (χ0n) is 9.48. The first kappa shape index (κ1) is 15.1. The number of carbonyl (C=O) groups is 1. The number of pyridine rings is 1. The van der Waals surface area contributed by atoms with Crippen LogP contribution in [0.4, 0.5) is 22.0 Å². The molecule has 0 spiro atoms. The molecule has 0 unspecified atom stereocenters. The minimum atomic E-state index is -5.15. The number of nitrogens with one attached hydrogen (secondary N) is 1. The minimum Gasteiger partial charge on any atom is -0.462 e. The van der Waals surface area contributed by atoms with E-state index in [0.717, 1.165) is 0 Å². The van der Waals surface area contributed by atoms with Gasteiger partial charge in [0, 0.05) is 5.56 Å². The first-order chi connectivity index (χ1) is 8.68. The molecule has 0 atom stereocenters. The van der Waals surface area contributed by atoms with Gasteiger partial charge in [-0.3, -0.25) is 4.79 Å². The lowest BCUT2D eigenvalue weighted by Crippen LogP contribution is -2.25. The van der Waals surface area contributed by atoms with Crippen molar-refractivity contribution in [2.75, 3.05) is 6.61 Å². The summed E-state index contributed by atoms with van der Waals surface area (Å²) in [6.45, 7) is 1.24. The van der Waals surface area contributed by atoms with Gasteiger partial charge in [0.05, 0.1) is 6.61 Å². The van der Waals surface area contributed by atoms with Crippen LogP contribution in [0.5, 0.6) is 0 Å². The molecule has 0 saturated heterocycles. The van der Waals surface area contributed by atoms with Gasteiger partial charge in [-0.1, -0.05) is 0 Å². The molecular formula is C10H8F5NO3. The molecule has 0 aliphatic rings. The summed E-state index contributed by atoms with van der Waals surface area (Å²) in [5.74, 6) is -1.26. The fraction of sp³-hybridized carbons (Fsp3) is 0.400. The third kappa shape index (κ3) is 3.30. The Labute approximate surface area is 103 Å². The number of aromatic nitrogens is 1. The normalized spacial score (nSPS) is 11.7. The summed E-state index contributed by atoms with van der Waals surface area (Å²) in [6, 6.07) is 0.199. The van der Waals surface area contributed by atoms with Crippen molar-refractivity contribution >= 4 is 5.97 Å². The first-order valence-electron chi connectivity index (χ1n) is 4.98. The van der Waals surface area contributed by atoms with E-state index in [1.54, 1.807) is 0 Å². The lowest BCUT2D eigenvalue weighted by atomic mass is 10.1. The van der Waals surface area contributed by atoms with Crippen LogP contribution < -0.4 is 5.56 Å². The van der Waals surface area contributed by atoms with Gasteiger partial charge in [0.25, 0.3) is 12.0 Å². The molecular weight excluding hydrogens is 277 g/mol. The second-order valence-electron chi connectivity index (χ2n) is 3.36. The van der Waals surface area contributed by atoms with E-state index in [-0.39, 0.29) is 12.7 Å². The van der Waals surface area contributed by atoms with E-state index in [9.17, 15) is 31.5 Å². The van der Waals surface area contributed by atoms with Crippen molar-refractivity contribution in [2.24, 2.45) is 0 Å². The summed E-state index contributed by atoms with van der Waals surface area (Å²) in [7, 11) is 0. The molecule has 0 aliphatic heterocycles. The number of aromatic amines is 1. The number of halogens is 5. The standard InChI is InChI=1S/C10H8F5NO3/c1-2-19-9(18)5-3-4(7(11)12)6(10(13,14)15)16-8(5)17/h3,7H,2H2,1H3,(H,16,17). The summed E-state index contributed by atoms with van der Waals surface area (Å²) >= 11 is 0. The Morgan fingerprint density at radius 3 is 2.42 bits per heavy atom. The molecule has 0 radical (unpaired) electrons. The van der Waals surface area contributed by atoms with E-state index in [1.165, 1.54) is 11.9 Å². The lowest BCUT2D eigenvalue weighted by Gasteiger charge is -2.12. The molecule has 1 aromatic heterocycles. The highest BCUT2D eigenvalue weighted by Crippen LogP contribution is 2.34. The van der Waals surface area contributed by atoms with Crippen LogP contribution in [-0.2, 0) is 10.9 Å². The SMILES string of the molecule is CCOC(=O)c1cc(C(F)F)c(C(F)(F)F)[nH]c1=O. The largest absolute Gasteiger partial charge is 0.462 e.